The number of thiocarbonyl (C=S) groups is 1. The van der Waals surface area contributed by atoms with Crippen LogP contribution in [0.25, 0.3) is 5.69 Å². The van der Waals surface area contributed by atoms with Crippen LogP contribution in [0.2, 0.25) is 0 Å². The zero-order valence-corrected chi connectivity index (χ0v) is 17.4. The van der Waals surface area contributed by atoms with Crippen LogP contribution in [0, 0.1) is 13.8 Å². The van der Waals surface area contributed by atoms with Gasteiger partial charge in [0.2, 0.25) is 6.79 Å². The molecule has 0 bridgehead atoms. The summed E-state index contributed by atoms with van der Waals surface area (Å²) in [7, 11) is 2.04. The van der Waals surface area contributed by atoms with Crippen molar-refractivity contribution in [3.8, 4) is 17.2 Å². The fourth-order valence-corrected chi connectivity index (χ4v) is 4.60. The van der Waals surface area contributed by atoms with Crippen molar-refractivity contribution >= 4 is 17.3 Å². The van der Waals surface area contributed by atoms with Crippen molar-refractivity contribution in [3.05, 3.63) is 71.3 Å². The number of rotatable bonds is 3. The van der Waals surface area contributed by atoms with Crippen LogP contribution >= 0.6 is 12.2 Å². The van der Waals surface area contributed by atoms with Crippen molar-refractivity contribution in [2.45, 2.75) is 25.9 Å². The van der Waals surface area contributed by atoms with Crippen LogP contribution in [-0.4, -0.2) is 33.4 Å². The third-order valence-electron chi connectivity index (χ3n) is 5.74. The topological polar surface area (TPSA) is 51.6 Å². The summed E-state index contributed by atoms with van der Waals surface area (Å²) in [6.07, 6.45) is 1.82. The molecular weight excluding hydrogens is 384 g/mol. The summed E-state index contributed by atoms with van der Waals surface area (Å²) in [4.78, 5) is 6.70. The number of likely N-dealkylation sites (N-methyl/N-ethyl adjacent to an activating group) is 1. The zero-order valence-electron chi connectivity index (χ0n) is 16.5. The average molecular weight is 407 g/mol. The Hall–Kier alpha value is -3.06. The Morgan fingerprint density at radius 3 is 2.72 bits per heavy atom. The van der Waals surface area contributed by atoms with Gasteiger partial charge in [0.1, 0.15) is 0 Å². The first-order valence-electron chi connectivity index (χ1n) is 9.57. The molecule has 0 unspecified atom stereocenters. The Kier molecular flexibility index (Phi) is 4.20. The summed E-state index contributed by atoms with van der Waals surface area (Å²) in [5.41, 5.74) is 5.59. The standard InChI is InChI=1S/C22H22N4O2S/c1-13-10-16(14(2)26(13)15-7-8-18-19(11-15)28-12-27-18)21-20(24-22(29)25(21)3)17-6-4-5-9-23-17/h4-11,20-21H,12H2,1-3H3,(H,24,29)/t20-,21-/m0/s1. The van der Waals surface area contributed by atoms with Crippen molar-refractivity contribution < 1.29 is 9.47 Å². The van der Waals surface area contributed by atoms with Crippen LogP contribution in [-0.2, 0) is 0 Å². The molecule has 6 nitrogen and oxygen atoms in total. The van der Waals surface area contributed by atoms with Gasteiger partial charge in [0.15, 0.2) is 16.6 Å². The van der Waals surface area contributed by atoms with Crippen LogP contribution in [0.4, 0.5) is 0 Å². The predicted octanol–water partition coefficient (Wildman–Crippen LogP) is 3.82. The van der Waals surface area contributed by atoms with Crippen molar-refractivity contribution in [3.63, 3.8) is 0 Å². The summed E-state index contributed by atoms with van der Waals surface area (Å²) in [5, 5.41) is 4.18. The van der Waals surface area contributed by atoms with Crippen molar-refractivity contribution in [2.24, 2.45) is 0 Å². The number of nitrogens with zero attached hydrogens (tertiary/aromatic N) is 3. The normalized spacial score (nSPS) is 20.2. The van der Waals surface area contributed by atoms with E-state index in [0.717, 1.165) is 33.7 Å². The number of ether oxygens (including phenoxy) is 2. The van der Waals surface area contributed by atoms with Gasteiger partial charge in [-0.05, 0) is 62.0 Å². The number of fused-ring (bicyclic) bond motifs is 1. The molecule has 5 rings (SSSR count). The third-order valence-corrected chi connectivity index (χ3v) is 6.15. The highest BCUT2D eigenvalue weighted by atomic mass is 32.1. The summed E-state index contributed by atoms with van der Waals surface area (Å²) >= 11 is 5.58. The molecule has 29 heavy (non-hydrogen) atoms. The van der Waals surface area contributed by atoms with Gasteiger partial charge in [-0.1, -0.05) is 6.07 Å². The highest BCUT2D eigenvalue weighted by molar-refractivity contribution is 7.80. The first-order chi connectivity index (χ1) is 14.0. The number of hydrogen-bond donors (Lipinski definition) is 1. The monoisotopic (exact) mass is 406 g/mol. The van der Waals surface area contributed by atoms with E-state index in [9.17, 15) is 0 Å². The maximum Gasteiger partial charge on any atom is 0.231 e. The Balaban J connectivity index is 1.59. The molecule has 0 saturated carbocycles. The molecule has 1 aromatic carbocycles. The van der Waals surface area contributed by atoms with Gasteiger partial charge >= 0.3 is 0 Å². The number of nitrogens with one attached hydrogen (secondary N) is 1. The van der Waals surface area contributed by atoms with Crippen molar-refractivity contribution in [1.29, 1.82) is 0 Å². The molecular formula is C22H22N4O2S. The molecule has 148 valence electrons. The Labute approximate surface area is 175 Å². The lowest BCUT2D eigenvalue weighted by atomic mass is 9.97. The molecule has 0 spiro atoms. The molecule has 3 aromatic rings. The number of pyridine rings is 1. The second kappa shape index (κ2) is 6.77. The molecule has 2 atom stereocenters. The lowest BCUT2D eigenvalue weighted by molar-refractivity contribution is 0.174. The van der Waals surface area contributed by atoms with Crippen LogP contribution in [0.5, 0.6) is 11.5 Å². The van der Waals surface area contributed by atoms with Gasteiger partial charge < -0.3 is 24.3 Å². The zero-order chi connectivity index (χ0) is 20.1. The second-order valence-electron chi connectivity index (χ2n) is 7.44. The molecule has 2 aromatic heterocycles. The first-order valence-corrected chi connectivity index (χ1v) is 9.98. The van der Waals surface area contributed by atoms with Gasteiger partial charge in [-0.25, -0.2) is 0 Å². The molecule has 2 aliphatic rings. The lowest BCUT2D eigenvalue weighted by Gasteiger charge is -2.24. The molecule has 4 heterocycles. The maximum atomic E-state index is 5.58. The van der Waals surface area contributed by atoms with E-state index in [1.54, 1.807) is 0 Å². The highest BCUT2D eigenvalue weighted by Gasteiger charge is 2.39. The van der Waals surface area contributed by atoms with Gasteiger partial charge in [0.05, 0.1) is 17.8 Å². The van der Waals surface area contributed by atoms with Crippen LogP contribution < -0.4 is 14.8 Å². The molecule has 0 aliphatic carbocycles. The summed E-state index contributed by atoms with van der Waals surface area (Å²) in [6, 6.07) is 14.4. The number of benzene rings is 1. The van der Waals surface area contributed by atoms with Crippen LogP contribution in [0.3, 0.4) is 0 Å². The molecule has 1 saturated heterocycles. The van der Waals surface area contributed by atoms with E-state index in [1.807, 2.05) is 43.6 Å². The third kappa shape index (κ3) is 2.84. The Morgan fingerprint density at radius 1 is 1.10 bits per heavy atom. The number of aryl methyl sites for hydroxylation is 1. The fraction of sp³-hybridized carbons (Fsp3) is 0.273. The van der Waals surface area contributed by atoms with Gasteiger partial charge in [0.25, 0.3) is 0 Å². The quantitative estimate of drug-likeness (QED) is 0.668. The highest BCUT2D eigenvalue weighted by Crippen LogP contribution is 2.41. The number of aromatic nitrogens is 2. The summed E-state index contributed by atoms with van der Waals surface area (Å²) in [6.45, 7) is 4.55. The van der Waals surface area contributed by atoms with E-state index < -0.39 is 0 Å². The minimum Gasteiger partial charge on any atom is -0.454 e. The summed E-state index contributed by atoms with van der Waals surface area (Å²) < 4.78 is 13.3. The van der Waals surface area contributed by atoms with E-state index in [4.69, 9.17) is 21.7 Å². The van der Waals surface area contributed by atoms with Gasteiger partial charge in [-0.15, -0.1) is 0 Å². The largest absolute Gasteiger partial charge is 0.454 e. The molecule has 2 aliphatic heterocycles. The molecule has 1 fully saturated rings. The Morgan fingerprint density at radius 2 is 1.93 bits per heavy atom. The van der Waals surface area contributed by atoms with Gasteiger partial charge in [0, 0.05) is 36.4 Å². The molecule has 7 heteroatoms. The molecule has 0 amide bonds. The first kappa shape index (κ1) is 18.0. The van der Waals surface area contributed by atoms with Gasteiger partial charge in [-0.2, -0.15) is 0 Å². The fourth-order valence-electron chi connectivity index (χ4n) is 4.36. The van der Waals surface area contributed by atoms with E-state index in [1.165, 1.54) is 11.3 Å². The molecule has 0 radical (unpaired) electrons. The van der Waals surface area contributed by atoms with E-state index in [-0.39, 0.29) is 18.9 Å². The lowest BCUT2D eigenvalue weighted by Crippen LogP contribution is -2.25. The van der Waals surface area contributed by atoms with Crippen LogP contribution in [0.15, 0.2) is 48.7 Å². The van der Waals surface area contributed by atoms with Gasteiger partial charge in [-0.3, -0.25) is 4.98 Å². The number of hydrogen-bond acceptors (Lipinski definition) is 4. The smallest absolute Gasteiger partial charge is 0.231 e. The van der Waals surface area contributed by atoms with Crippen molar-refractivity contribution in [2.75, 3.05) is 13.8 Å². The van der Waals surface area contributed by atoms with E-state index >= 15 is 0 Å². The van der Waals surface area contributed by atoms with Crippen molar-refractivity contribution in [1.82, 2.24) is 19.8 Å². The minimum absolute atomic E-state index is 0.000552. The van der Waals surface area contributed by atoms with E-state index in [0.29, 0.717) is 0 Å². The maximum absolute atomic E-state index is 5.58. The predicted molar refractivity (Wildman–Crippen MR) is 115 cm³/mol. The SMILES string of the molecule is Cc1cc([C@H]2[C@H](c3ccccn3)NC(=S)N2C)c(C)n1-c1ccc2c(c1)OCO2. The Bertz CT molecular complexity index is 1100. The average Bonchev–Trinajstić information content (AvgIpc) is 3.39. The van der Waals surface area contributed by atoms with Crippen LogP contribution in [0.1, 0.15) is 34.7 Å². The molecule has 1 N–H and O–H groups in total. The minimum atomic E-state index is -0.000552. The van der Waals surface area contributed by atoms with E-state index in [2.05, 4.69) is 45.7 Å². The summed E-state index contributed by atoms with van der Waals surface area (Å²) in [5.74, 6) is 1.57. The second-order valence-corrected chi connectivity index (χ2v) is 7.82.